The second kappa shape index (κ2) is 8.13. The molecule has 1 spiro atoms. The minimum atomic E-state index is -5.08. The van der Waals surface area contributed by atoms with E-state index in [9.17, 15) is 18.0 Å². The van der Waals surface area contributed by atoms with Crippen molar-refractivity contribution in [3.63, 3.8) is 0 Å². The summed E-state index contributed by atoms with van der Waals surface area (Å²) in [6, 6.07) is 0. The third-order valence-corrected chi connectivity index (χ3v) is 5.93. The zero-order valence-electron chi connectivity index (χ0n) is 14.6. The molecule has 12 heteroatoms. The molecule has 7 nitrogen and oxygen atoms in total. The lowest BCUT2D eigenvalue weighted by Gasteiger charge is -2.47. The maximum Gasteiger partial charge on any atom is 0.490 e. The molecule has 0 unspecified atom stereocenters. The van der Waals surface area contributed by atoms with E-state index in [1.165, 1.54) is 16.3 Å². The zero-order valence-corrected chi connectivity index (χ0v) is 16.2. The molecule has 4 heterocycles. The van der Waals surface area contributed by atoms with Gasteiger partial charge in [0, 0.05) is 48.6 Å². The highest BCUT2D eigenvalue weighted by molar-refractivity contribution is 7.09. The van der Waals surface area contributed by atoms with E-state index < -0.39 is 12.1 Å². The summed E-state index contributed by atoms with van der Waals surface area (Å²) in [6.07, 6.45) is -2.11. The number of rotatable bonds is 3. The Labute approximate surface area is 166 Å². The van der Waals surface area contributed by atoms with Crippen molar-refractivity contribution in [3.8, 4) is 0 Å². The summed E-state index contributed by atoms with van der Waals surface area (Å²) in [5.74, 6) is -2.67. The fourth-order valence-corrected chi connectivity index (χ4v) is 4.57. The lowest BCUT2D eigenvalue weighted by atomic mass is 9.79. The van der Waals surface area contributed by atoms with Gasteiger partial charge in [0.1, 0.15) is 10.7 Å². The van der Waals surface area contributed by atoms with Crippen LogP contribution in [0.2, 0.25) is 0 Å². The second-order valence-electron chi connectivity index (χ2n) is 6.72. The minimum absolute atomic E-state index is 0.0894. The molecule has 28 heavy (non-hydrogen) atoms. The normalized spacial score (nSPS) is 18.5. The smallest absolute Gasteiger partial charge is 0.475 e. The predicted molar refractivity (Wildman–Crippen MR) is 96.1 cm³/mol. The van der Waals surface area contributed by atoms with Crippen LogP contribution in [-0.4, -0.2) is 69.1 Å². The van der Waals surface area contributed by atoms with Crippen LogP contribution in [0.5, 0.6) is 0 Å². The number of carbonyl (C=O) groups excluding carboxylic acids is 1. The molecule has 2 aliphatic rings. The number of nitrogens with zero attached hydrogens (tertiary/aromatic N) is 4. The topological polar surface area (TPSA) is 86.6 Å². The highest BCUT2D eigenvalue weighted by Gasteiger charge is 2.48. The molecule has 1 N–H and O–H groups in total. The molecule has 0 bridgehead atoms. The van der Waals surface area contributed by atoms with E-state index in [1.54, 1.807) is 16.8 Å². The zero-order chi connectivity index (χ0) is 20.4. The number of carbonyl (C=O) groups is 2. The van der Waals surface area contributed by atoms with Crippen LogP contribution in [0.3, 0.4) is 0 Å². The minimum Gasteiger partial charge on any atom is -0.475 e. The highest BCUT2D eigenvalue weighted by Crippen LogP contribution is 2.40. The average Bonchev–Trinajstić information content (AvgIpc) is 3.35. The van der Waals surface area contributed by atoms with Crippen LogP contribution in [0, 0.1) is 5.41 Å². The number of alkyl halides is 3. The molecule has 4 rings (SSSR count). The lowest BCUT2D eigenvalue weighted by Crippen LogP contribution is -2.57. The van der Waals surface area contributed by atoms with Crippen LogP contribution in [0.4, 0.5) is 13.2 Å². The standard InChI is InChI=1S/C14H16N4OS2.C2HF3O2/c19-13(11-6-20-10-16-11)18-3-1-14(9-18)7-17(8-14)5-12-15-2-4-21-12;3-2(4,5)1(6)7/h2,4,6,10H,1,3,5,7-9H2;(H,6,7). The van der Waals surface area contributed by atoms with Crippen molar-refractivity contribution >= 4 is 34.6 Å². The van der Waals surface area contributed by atoms with Gasteiger partial charge in [0.25, 0.3) is 5.91 Å². The van der Waals surface area contributed by atoms with Gasteiger partial charge in [0.15, 0.2) is 0 Å². The monoisotopic (exact) mass is 434 g/mol. The fourth-order valence-electron chi connectivity index (χ4n) is 3.38. The van der Waals surface area contributed by atoms with E-state index in [-0.39, 0.29) is 5.91 Å². The number of hydrogen-bond donors (Lipinski definition) is 1. The molecule has 0 saturated carbocycles. The largest absolute Gasteiger partial charge is 0.490 e. The maximum atomic E-state index is 12.3. The summed E-state index contributed by atoms with van der Waals surface area (Å²) in [5.41, 5.74) is 2.62. The molecule has 2 aromatic rings. The van der Waals surface area contributed by atoms with Gasteiger partial charge in [-0.25, -0.2) is 14.8 Å². The third-order valence-electron chi connectivity index (χ3n) is 4.58. The molecule has 152 valence electrons. The number of thiazole rings is 2. The first-order chi connectivity index (χ1) is 13.2. The summed E-state index contributed by atoms with van der Waals surface area (Å²) in [5, 5.41) is 12.2. The van der Waals surface area contributed by atoms with Crippen molar-refractivity contribution < 1.29 is 27.9 Å². The van der Waals surface area contributed by atoms with E-state index >= 15 is 0 Å². The molecule has 0 aliphatic carbocycles. The Morgan fingerprint density at radius 2 is 1.96 bits per heavy atom. The van der Waals surface area contributed by atoms with E-state index in [0.717, 1.165) is 39.1 Å². The first-order valence-electron chi connectivity index (χ1n) is 8.27. The summed E-state index contributed by atoms with van der Waals surface area (Å²) in [4.78, 5) is 34.1. The van der Waals surface area contributed by atoms with Crippen molar-refractivity contribution in [1.29, 1.82) is 0 Å². The van der Waals surface area contributed by atoms with Crippen molar-refractivity contribution in [1.82, 2.24) is 19.8 Å². The number of carboxylic acid groups (broad SMARTS) is 1. The number of amides is 1. The Kier molecular flexibility index (Phi) is 6.01. The van der Waals surface area contributed by atoms with Crippen LogP contribution in [0.15, 0.2) is 22.5 Å². The predicted octanol–water partition coefficient (Wildman–Crippen LogP) is 2.58. The molecular formula is C16H17F3N4O3S2. The molecule has 2 fully saturated rings. The SMILES string of the molecule is O=C(O)C(F)(F)F.O=C(c1cscn1)N1CCC2(CN(Cc3nccs3)C2)C1. The molecule has 0 atom stereocenters. The second-order valence-corrected chi connectivity index (χ2v) is 8.42. The molecule has 0 aromatic carbocycles. The number of likely N-dealkylation sites (tertiary alicyclic amines) is 2. The van der Waals surface area contributed by atoms with Crippen LogP contribution < -0.4 is 0 Å². The Bertz CT molecular complexity index is 806. The Hall–Kier alpha value is -2.05. The highest BCUT2D eigenvalue weighted by atomic mass is 32.1. The summed E-state index contributed by atoms with van der Waals surface area (Å²) in [7, 11) is 0. The summed E-state index contributed by atoms with van der Waals surface area (Å²) < 4.78 is 31.7. The lowest BCUT2D eigenvalue weighted by molar-refractivity contribution is -0.192. The van der Waals surface area contributed by atoms with Crippen molar-refractivity contribution in [2.24, 2.45) is 5.41 Å². The Balaban J connectivity index is 0.000000279. The van der Waals surface area contributed by atoms with Gasteiger partial charge >= 0.3 is 12.1 Å². The van der Waals surface area contributed by atoms with E-state index in [2.05, 4.69) is 14.9 Å². The Morgan fingerprint density at radius 1 is 1.25 bits per heavy atom. The van der Waals surface area contributed by atoms with Gasteiger partial charge in [-0.05, 0) is 6.42 Å². The first-order valence-corrected chi connectivity index (χ1v) is 10.1. The fraction of sp³-hybridized carbons (Fsp3) is 0.500. The van der Waals surface area contributed by atoms with Gasteiger partial charge in [0.2, 0.25) is 0 Å². The van der Waals surface area contributed by atoms with Gasteiger partial charge in [-0.2, -0.15) is 13.2 Å². The van der Waals surface area contributed by atoms with E-state index in [1.807, 2.05) is 21.9 Å². The van der Waals surface area contributed by atoms with E-state index in [0.29, 0.717) is 11.1 Å². The van der Waals surface area contributed by atoms with Gasteiger partial charge in [0.05, 0.1) is 12.1 Å². The van der Waals surface area contributed by atoms with Crippen molar-refractivity contribution in [2.45, 2.75) is 19.1 Å². The van der Waals surface area contributed by atoms with Gasteiger partial charge in [-0.3, -0.25) is 9.69 Å². The first kappa shape index (κ1) is 20.7. The van der Waals surface area contributed by atoms with Gasteiger partial charge in [-0.15, -0.1) is 22.7 Å². The molecule has 2 aromatic heterocycles. The van der Waals surface area contributed by atoms with Crippen molar-refractivity contribution in [2.75, 3.05) is 26.2 Å². The van der Waals surface area contributed by atoms with Gasteiger partial charge < -0.3 is 10.0 Å². The summed E-state index contributed by atoms with van der Waals surface area (Å²) in [6.45, 7) is 4.83. The molecule has 2 saturated heterocycles. The number of halogens is 3. The Morgan fingerprint density at radius 3 is 2.50 bits per heavy atom. The van der Waals surface area contributed by atoms with Crippen LogP contribution in [-0.2, 0) is 11.3 Å². The summed E-state index contributed by atoms with van der Waals surface area (Å²) >= 11 is 3.19. The average molecular weight is 434 g/mol. The van der Waals surface area contributed by atoms with Crippen LogP contribution >= 0.6 is 22.7 Å². The number of aliphatic carboxylic acids is 1. The molecule has 1 amide bonds. The quantitative estimate of drug-likeness (QED) is 0.799. The van der Waals surface area contributed by atoms with E-state index in [4.69, 9.17) is 9.90 Å². The number of hydrogen-bond acceptors (Lipinski definition) is 7. The number of carboxylic acids is 1. The molecular weight excluding hydrogens is 417 g/mol. The number of aromatic nitrogens is 2. The maximum absolute atomic E-state index is 12.3. The third kappa shape index (κ3) is 4.86. The van der Waals surface area contributed by atoms with Crippen molar-refractivity contribution in [3.05, 3.63) is 33.2 Å². The van der Waals surface area contributed by atoms with Gasteiger partial charge in [-0.1, -0.05) is 0 Å². The van der Waals surface area contributed by atoms with Crippen LogP contribution in [0.1, 0.15) is 21.9 Å². The van der Waals surface area contributed by atoms with Crippen LogP contribution in [0.25, 0.3) is 0 Å². The molecule has 0 radical (unpaired) electrons. The molecule has 2 aliphatic heterocycles.